The van der Waals surface area contributed by atoms with Crippen molar-refractivity contribution in [2.45, 2.75) is 71.0 Å². The minimum Gasteiger partial charge on any atom is -0.459 e. The SMILES string of the molecule is CC(F)Oc1cncc(-c2nn(C(C)C)c3cc(C(=O)N[C@H]4CCCC[C@@H]4O)cnc23)c1. The van der Waals surface area contributed by atoms with E-state index < -0.39 is 12.5 Å². The third kappa shape index (κ3) is 4.57. The maximum Gasteiger partial charge on any atom is 0.253 e. The molecule has 1 aliphatic rings. The van der Waals surface area contributed by atoms with Gasteiger partial charge < -0.3 is 15.2 Å². The van der Waals surface area contributed by atoms with Gasteiger partial charge in [-0.1, -0.05) is 12.8 Å². The molecule has 3 heterocycles. The van der Waals surface area contributed by atoms with Gasteiger partial charge in [-0.15, -0.1) is 0 Å². The summed E-state index contributed by atoms with van der Waals surface area (Å²) < 4.78 is 20.2. The van der Waals surface area contributed by atoms with Crippen molar-refractivity contribution >= 4 is 16.9 Å². The summed E-state index contributed by atoms with van der Waals surface area (Å²) in [6, 6.07) is 3.21. The molecule has 1 aliphatic carbocycles. The van der Waals surface area contributed by atoms with Crippen molar-refractivity contribution in [1.29, 1.82) is 0 Å². The molecule has 1 amide bonds. The molecule has 1 fully saturated rings. The Labute approximate surface area is 185 Å². The Morgan fingerprint density at radius 3 is 2.72 bits per heavy atom. The fourth-order valence-electron chi connectivity index (χ4n) is 4.06. The van der Waals surface area contributed by atoms with Crippen molar-refractivity contribution in [3.8, 4) is 17.0 Å². The van der Waals surface area contributed by atoms with Crippen LogP contribution >= 0.6 is 0 Å². The highest BCUT2D eigenvalue weighted by Gasteiger charge is 2.26. The molecule has 0 aromatic carbocycles. The highest BCUT2D eigenvalue weighted by molar-refractivity contribution is 5.99. The Hall–Kier alpha value is -3.07. The summed E-state index contributed by atoms with van der Waals surface area (Å²) in [5, 5.41) is 17.8. The minimum atomic E-state index is -1.46. The van der Waals surface area contributed by atoms with Crippen LogP contribution in [0.5, 0.6) is 5.75 Å². The Bertz CT molecular complexity index is 1110. The first kappa shape index (κ1) is 22.1. The largest absolute Gasteiger partial charge is 0.459 e. The number of alkyl halides is 1. The molecular formula is C23H28FN5O3. The van der Waals surface area contributed by atoms with Gasteiger partial charge >= 0.3 is 0 Å². The summed E-state index contributed by atoms with van der Waals surface area (Å²) in [7, 11) is 0. The second-order valence-electron chi connectivity index (χ2n) is 8.48. The van der Waals surface area contributed by atoms with Crippen LogP contribution in [-0.2, 0) is 0 Å². The fraction of sp³-hybridized carbons (Fsp3) is 0.478. The van der Waals surface area contributed by atoms with E-state index in [2.05, 4.69) is 15.3 Å². The average Bonchev–Trinajstić information content (AvgIpc) is 3.14. The highest BCUT2D eigenvalue weighted by atomic mass is 19.1. The van der Waals surface area contributed by atoms with Gasteiger partial charge in [0, 0.05) is 30.9 Å². The highest BCUT2D eigenvalue weighted by Crippen LogP contribution is 2.30. The normalized spacial score (nSPS) is 19.8. The number of aliphatic hydroxyl groups excluding tert-OH is 1. The third-order valence-corrected chi connectivity index (χ3v) is 5.63. The molecule has 3 aromatic heterocycles. The number of hydrogen-bond acceptors (Lipinski definition) is 6. The van der Waals surface area contributed by atoms with Gasteiger partial charge in [0.15, 0.2) is 0 Å². The molecule has 9 heteroatoms. The van der Waals surface area contributed by atoms with E-state index in [4.69, 9.17) is 9.84 Å². The number of nitrogens with zero attached hydrogens (tertiary/aromatic N) is 4. The molecule has 2 N–H and O–H groups in total. The van der Waals surface area contributed by atoms with Gasteiger partial charge in [0.1, 0.15) is 17.0 Å². The lowest BCUT2D eigenvalue weighted by atomic mass is 9.92. The van der Waals surface area contributed by atoms with Crippen molar-refractivity contribution in [3.05, 3.63) is 36.3 Å². The van der Waals surface area contributed by atoms with E-state index in [-0.39, 0.29) is 18.0 Å². The van der Waals surface area contributed by atoms with Crippen LogP contribution in [0.25, 0.3) is 22.3 Å². The lowest BCUT2D eigenvalue weighted by Crippen LogP contribution is -2.45. The number of nitrogens with one attached hydrogen (secondary N) is 1. The molecule has 170 valence electrons. The number of fused-ring (bicyclic) bond motifs is 1. The van der Waals surface area contributed by atoms with E-state index >= 15 is 0 Å². The third-order valence-electron chi connectivity index (χ3n) is 5.63. The number of pyridine rings is 2. The number of aliphatic hydroxyl groups is 1. The smallest absolute Gasteiger partial charge is 0.253 e. The zero-order chi connectivity index (χ0) is 22.8. The molecule has 32 heavy (non-hydrogen) atoms. The number of amides is 1. The van der Waals surface area contributed by atoms with E-state index in [1.807, 2.05) is 13.8 Å². The lowest BCUT2D eigenvalue weighted by Gasteiger charge is -2.28. The number of rotatable bonds is 6. The first-order chi connectivity index (χ1) is 15.3. The maximum absolute atomic E-state index is 13.3. The Balaban J connectivity index is 1.69. The van der Waals surface area contributed by atoms with Crippen LogP contribution in [0, 0.1) is 0 Å². The van der Waals surface area contributed by atoms with Gasteiger partial charge in [-0.2, -0.15) is 5.10 Å². The van der Waals surface area contributed by atoms with E-state index in [9.17, 15) is 14.3 Å². The predicted octanol–water partition coefficient (Wildman–Crippen LogP) is 3.80. The first-order valence-electron chi connectivity index (χ1n) is 11.0. The Morgan fingerprint density at radius 1 is 1.22 bits per heavy atom. The molecule has 3 aromatic rings. The number of hydrogen-bond donors (Lipinski definition) is 2. The summed E-state index contributed by atoms with van der Waals surface area (Å²) >= 11 is 0. The van der Waals surface area contributed by atoms with Crippen LogP contribution in [-0.4, -0.2) is 49.3 Å². The Morgan fingerprint density at radius 2 is 2.00 bits per heavy atom. The molecule has 0 aliphatic heterocycles. The molecule has 0 saturated heterocycles. The van der Waals surface area contributed by atoms with Gasteiger partial charge in [0.05, 0.1) is 29.4 Å². The zero-order valence-electron chi connectivity index (χ0n) is 18.5. The summed E-state index contributed by atoms with van der Waals surface area (Å²) in [5.74, 6) is 0.0317. The molecule has 0 radical (unpaired) electrons. The molecule has 3 atom stereocenters. The van der Waals surface area contributed by atoms with Crippen LogP contribution in [0.3, 0.4) is 0 Å². The van der Waals surface area contributed by atoms with Gasteiger partial charge in [-0.05, 0) is 38.8 Å². The van der Waals surface area contributed by atoms with Crippen molar-refractivity contribution in [3.63, 3.8) is 0 Å². The number of aromatic nitrogens is 4. The molecule has 1 unspecified atom stereocenters. The number of carbonyl (C=O) groups excluding carboxylic acids is 1. The van der Waals surface area contributed by atoms with E-state index in [1.54, 1.807) is 23.0 Å². The molecule has 0 spiro atoms. The minimum absolute atomic E-state index is 0.0183. The van der Waals surface area contributed by atoms with E-state index in [0.717, 1.165) is 19.3 Å². The summed E-state index contributed by atoms with van der Waals surface area (Å²) in [6.45, 7) is 5.28. The first-order valence-corrected chi connectivity index (χ1v) is 11.0. The number of halogens is 1. The van der Waals surface area contributed by atoms with Gasteiger partial charge in [-0.3, -0.25) is 19.4 Å². The number of carbonyl (C=O) groups is 1. The lowest BCUT2D eigenvalue weighted by molar-refractivity contribution is 0.0717. The second-order valence-corrected chi connectivity index (χ2v) is 8.48. The van der Waals surface area contributed by atoms with Gasteiger partial charge in [-0.25, -0.2) is 4.39 Å². The van der Waals surface area contributed by atoms with Crippen molar-refractivity contribution in [2.75, 3.05) is 0 Å². The maximum atomic E-state index is 13.3. The Kier molecular flexibility index (Phi) is 6.36. The fourth-order valence-corrected chi connectivity index (χ4v) is 4.06. The van der Waals surface area contributed by atoms with Crippen molar-refractivity contribution < 1.29 is 19.0 Å². The zero-order valence-corrected chi connectivity index (χ0v) is 18.5. The number of ether oxygens (including phenoxy) is 1. The quantitative estimate of drug-likeness (QED) is 0.603. The average molecular weight is 442 g/mol. The molecular weight excluding hydrogens is 413 g/mol. The van der Waals surface area contributed by atoms with Gasteiger partial charge in [0.2, 0.25) is 6.36 Å². The van der Waals surface area contributed by atoms with Crippen LogP contribution < -0.4 is 10.1 Å². The standard InChI is InChI=1S/C23H28FN5O3/c1-13(2)29-19-9-16(23(31)27-18-6-4-5-7-20(18)30)11-26-22(19)21(28-29)15-8-17(12-25-10-15)32-14(3)24/h8-14,18,20,30H,4-7H2,1-3H3,(H,27,31)/t14?,18-,20-/m0/s1. The molecule has 0 bridgehead atoms. The van der Waals surface area contributed by atoms with E-state index in [1.165, 1.54) is 19.3 Å². The summed E-state index contributed by atoms with van der Waals surface area (Å²) in [6.07, 6.45) is 6.02. The van der Waals surface area contributed by atoms with Crippen molar-refractivity contribution in [2.24, 2.45) is 0 Å². The molecule has 8 nitrogen and oxygen atoms in total. The van der Waals surface area contributed by atoms with Crippen molar-refractivity contribution in [1.82, 2.24) is 25.1 Å². The monoisotopic (exact) mass is 441 g/mol. The topological polar surface area (TPSA) is 102 Å². The van der Waals surface area contributed by atoms with Crippen LogP contribution in [0.4, 0.5) is 4.39 Å². The predicted molar refractivity (Wildman–Crippen MR) is 118 cm³/mol. The molecule has 1 saturated carbocycles. The van der Waals surface area contributed by atoms with Crippen LogP contribution in [0.1, 0.15) is 62.9 Å². The van der Waals surface area contributed by atoms with E-state index in [0.29, 0.717) is 40.0 Å². The summed E-state index contributed by atoms with van der Waals surface area (Å²) in [4.78, 5) is 21.5. The van der Waals surface area contributed by atoms with Gasteiger partial charge in [0.25, 0.3) is 5.91 Å². The van der Waals surface area contributed by atoms with Crippen LogP contribution in [0.2, 0.25) is 0 Å². The van der Waals surface area contributed by atoms with Crippen LogP contribution in [0.15, 0.2) is 30.7 Å². The summed E-state index contributed by atoms with van der Waals surface area (Å²) in [5.41, 5.74) is 2.94. The molecule has 4 rings (SSSR count). The second kappa shape index (κ2) is 9.20.